The molecule has 4 heteroatoms. The molecule has 1 spiro atoms. The summed E-state index contributed by atoms with van der Waals surface area (Å²) in [5.74, 6) is 1.75. The molecule has 1 aliphatic heterocycles. The van der Waals surface area contributed by atoms with Crippen LogP contribution in [-0.4, -0.2) is 17.2 Å². The number of rotatable bonds is 2. The number of fused-ring (bicyclic) bond motifs is 9. The molecule has 7 rings (SSSR count). The van der Waals surface area contributed by atoms with Crippen LogP contribution in [0.4, 0.5) is 0 Å². The third-order valence-corrected chi connectivity index (χ3v) is 7.39. The zero-order valence-electron chi connectivity index (χ0n) is 18.8. The summed E-state index contributed by atoms with van der Waals surface area (Å²) in [4.78, 5) is 0. The van der Waals surface area contributed by atoms with Crippen molar-refractivity contribution in [2.45, 2.75) is 5.41 Å². The average molecular weight is 452 g/mol. The molecule has 0 amide bonds. The fraction of sp³-hybridized carbons (Fsp3) is 0.0323. The predicted molar refractivity (Wildman–Crippen MR) is 139 cm³/mol. The molecule has 5 aromatic rings. The lowest BCUT2D eigenvalue weighted by molar-refractivity contribution is 0.426. The molecular weight excluding hydrogens is 431 g/mol. The van der Waals surface area contributed by atoms with Gasteiger partial charge in [0.2, 0.25) is 0 Å². The van der Waals surface area contributed by atoms with Crippen molar-refractivity contribution < 1.29 is 14.8 Å². The first kappa shape index (κ1) is 20.3. The zero-order chi connectivity index (χ0) is 23.6. The van der Waals surface area contributed by atoms with E-state index < -0.39 is 12.5 Å². The quantitative estimate of drug-likeness (QED) is 0.341. The van der Waals surface area contributed by atoms with Gasteiger partial charge in [0.05, 0.1) is 5.41 Å². The Labute approximate surface area is 204 Å². The lowest BCUT2D eigenvalue weighted by Gasteiger charge is -2.39. The molecular formula is C31H21BO3. The summed E-state index contributed by atoms with van der Waals surface area (Å²) >= 11 is 0. The van der Waals surface area contributed by atoms with Crippen molar-refractivity contribution in [2.75, 3.05) is 0 Å². The van der Waals surface area contributed by atoms with Crippen molar-refractivity contribution in [1.82, 2.24) is 0 Å². The van der Waals surface area contributed by atoms with E-state index in [1.165, 1.54) is 22.3 Å². The smallest absolute Gasteiger partial charge is 0.457 e. The van der Waals surface area contributed by atoms with Crippen LogP contribution >= 0.6 is 0 Å². The van der Waals surface area contributed by atoms with Gasteiger partial charge in [0.25, 0.3) is 0 Å². The highest BCUT2D eigenvalue weighted by Crippen LogP contribution is 2.63. The minimum absolute atomic E-state index is 0.477. The largest absolute Gasteiger partial charge is 0.488 e. The molecule has 0 saturated carbocycles. The monoisotopic (exact) mass is 452 g/mol. The minimum Gasteiger partial charge on any atom is -0.457 e. The van der Waals surface area contributed by atoms with E-state index in [-0.39, 0.29) is 0 Å². The van der Waals surface area contributed by atoms with Crippen molar-refractivity contribution in [3.05, 3.63) is 138 Å². The Kier molecular flexibility index (Phi) is 4.31. The summed E-state index contributed by atoms with van der Waals surface area (Å²) in [5.41, 5.74) is 9.29. The summed E-state index contributed by atoms with van der Waals surface area (Å²) < 4.78 is 6.40. The van der Waals surface area contributed by atoms with E-state index >= 15 is 0 Å². The third kappa shape index (κ3) is 2.69. The highest BCUT2D eigenvalue weighted by atomic mass is 16.5. The van der Waals surface area contributed by atoms with Crippen LogP contribution in [0.3, 0.4) is 0 Å². The normalized spacial score (nSPS) is 13.9. The molecule has 1 aliphatic carbocycles. The third-order valence-electron chi connectivity index (χ3n) is 7.39. The second-order valence-electron chi connectivity index (χ2n) is 9.11. The van der Waals surface area contributed by atoms with Gasteiger partial charge in [-0.25, -0.2) is 0 Å². The van der Waals surface area contributed by atoms with Gasteiger partial charge in [-0.3, -0.25) is 0 Å². The summed E-state index contributed by atoms with van der Waals surface area (Å²) in [7, 11) is -1.48. The van der Waals surface area contributed by atoms with Crippen molar-refractivity contribution in [1.29, 1.82) is 0 Å². The van der Waals surface area contributed by atoms with Crippen LogP contribution in [0.1, 0.15) is 22.3 Å². The fourth-order valence-electron chi connectivity index (χ4n) is 5.98. The second-order valence-corrected chi connectivity index (χ2v) is 9.11. The van der Waals surface area contributed by atoms with Crippen LogP contribution in [0, 0.1) is 0 Å². The number of ether oxygens (including phenoxy) is 1. The lowest BCUT2D eigenvalue weighted by Crippen LogP contribution is -2.32. The zero-order valence-corrected chi connectivity index (χ0v) is 18.8. The SMILES string of the molecule is OB(O)c1ccc(-c2cccc3c2-c2ccccc2C32c3ccccc3Oc3ccccc32)cc1. The molecule has 0 unspecified atom stereocenters. The summed E-state index contributed by atoms with van der Waals surface area (Å²) in [6.07, 6.45) is 0. The van der Waals surface area contributed by atoms with Gasteiger partial charge in [-0.05, 0) is 51.0 Å². The highest BCUT2D eigenvalue weighted by Gasteiger charge is 2.51. The molecule has 2 N–H and O–H groups in total. The van der Waals surface area contributed by atoms with E-state index in [9.17, 15) is 10.0 Å². The molecule has 0 saturated heterocycles. The molecule has 0 bridgehead atoms. The van der Waals surface area contributed by atoms with E-state index in [1.807, 2.05) is 24.3 Å². The number of benzene rings is 5. The number of para-hydroxylation sites is 2. The van der Waals surface area contributed by atoms with Gasteiger partial charge in [-0.2, -0.15) is 0 Å². The van der Waals surface area contributed by atoms with Gasteiger partial charge in [0.15, 0.2) is 0 Å². The first-order valence-electron chi connectivity index (χ1n) is 11.8. The molecule has 0 radical (unpaired) electrons. The van der Waals surface area contributed by atoms with Crippen LogP contribution in [0.15, 0.2) is 115 Å². The standard InChI is InChI=1S/C31H21BO3/c33-32(34)21-18-16-20(17-19-21)22-9-7-13-27-30(22)23-8-1-2-10-24(23)31(27)25-11-3-5-14-28(25)35-29-15-6-4-12-26(29)31/h1-19,33-34H. The van der Waals surface area contributed by atoms with Crippen molar-refractivity contribution in [2.24, 2.45) is 0 Å². The van der Waals surface area contributed by atoms with Gasteiger partial charge >= 0.3 is 7.12 Å². The Hall–Kier alpha value is -4.12. The predicted octanol–water partition coefficient (Wildman–Crippen LogP) is 5.50. The molecule has 0 fully saturated rings. The number of hydrogen-bond acceptors (Lipinski definition) is 3. The molecule has 5 aromatic carbocycles. The maximum Gasteiger partial charge on any atom is 0.488 e. The van der Waals surface area contributed by atoms with E-state index in [0.29, 0.717) is 5.46 Å². The van der Waals surface area contributed by atoms with E-state index in [0.717, 1.165) is 33.8 Å². The maximum absolute atomic E-state index is 9.57. The second kappa shape index (κ2) is 7.44. The van der Waals surface area contributed by atoms with Gasteiger partial charge in [0, 0.05) is 11.1 Å². The van der Waals surface area contributed by atoms with Gasteiger partial charge < -0.3 is 14.8 Å². The Morgan fingerprint density at radius 3 is 1.71 bits per heavy atom. The van der Waals surface area contributed by atoms with Gasteiger partial charge in [-0.1, -0.05) is 103 Å². The minimum atomic E-state index is -1.48. The molecule has 0 aromatic heterocycles. The molecule has 1 heterocycles. The summed E-state index contributed by atoms with van der Waals surface area (Å²) in [6, 6.07) is 39.3. The van der Waals surface area contributed by atoms with E-state index in [1.54, 1.807) is 12.1 Å². The summed E-state index contributed by atoms with van der Waals surface area (Å²) in [5, 5.41) is 19.1. The Morgan fingerprint density at radius 1 is 0.514 bits per heavy atom. The first-order chi connectivity index (χ1) is 17.2. The molecule has 0 atom stereocenters. The van der Waals surface area contributed by atoms with Crippen LogP contribution in [0.25, 0.3) is 22.3 Å². The van der Waals surface area contributed by atoms with Gasteiger partial charge in [0.1, 0.15) is 11.5 Å². The fourth-order valence-corrected chi connectivity index (χ4v) is 5.98. The van der Waals surface area contributed by atoms with Crippen molar-refractivity contribution in [3.63, 3.8) is 0 Å². The molecule has 2 aliphatic rings. The van der Waals surface area contributed by atoms with E-state index in [4.69, 9.17) is 4.74 Å². The average Bonchev–Trinajstić information content (AvgIpc) is 3.20. The Balaban J connectivity index is 1.59. The molecule has 166 valence electrons. The van der Waals surface area contributed by atoms with Crippen LogP contribution in [0.2, 0.25) is 0 Å². The van der Waals surface area contributed by atoms with Crippen LogP contribution in [0.5, 0.6) is 11.5 Å². The lowest BCUT2D eigenvalue weighted by atomic mass is 9.66. The Morgan fingerprint density at radius 2 is 1.06 bits per heavy atom. The summed E-state index contributed by atoms with van der Waals surface area (Å²) in [6.45, 7) is 0. The van der Waals surface area contributed by atoms with Crippen molar-refractivity contribution >= 4 is 12.6 Å². The number of hydrogen-bond donors (Lipinski definition) is 2. The maximum atomic E-state index is 9.57. The van der Waals surface area contributed by atoms with Crippen molar-refractivity contribution in [3.8, 4) is 33.8 Å². The molecule has 3 nitrogen and oxygen atoms in total. The first-order valence-corrected chi connectivity index (χ1v) is 11.8. The van der Waals surface area contributed by atoms with Gasteiger partial charge in [-0.15, -0.1) is 0 Å². The highest BCUT2D eigenvalue weighted by molar-refractivity contribution is 6.58. The van der Waals surface area contributed by atoms with Crippen LogP contribution in [-0.2, 0) is 5.41 Å². The van der Waals surface area contributed by atoms with Crippen LogP contribution < -0.4 is 10.2 Å². The Bertz CT molecular complexity index is 1560. The van der Waals surface area contributed by atoms with E-state index in [2.05, 4.69) is 78.9 Å². The topological polar surface area (TPSA) is 49.7 Å². The molecule has 35 heavy (non-hydrogen) atoms.